The van der Waals surface area contributed by atoms with Crippen LogP contribution in [0.5, 0.6) is 0 Å². The fourth-order valence-electron chi connectivity index (χ4n) is 3.23. The number of nitrogens with zero attached hydrogens (tertiary/aromatic N) is 3. The van der Waals surface area contributed by atoms with E-state index in [4.69, 9.17) is 9.47 Å². The lowest BCUT2D eigenvalue weighted by Crippen LogP contribution is -2.38. The number of ether oxygens (including phenoxy) is 3. The minimum atomic E-state index is -0.589. The molecule has 0 aromatic heterocycles. The number of carbonyl (C=O) groups excluding carboxylic acids is 3. The summed E-state index contributed by atoms with van der Waals surface area (Å²) in [5, 5.41) is 0.482. The van der Waals surface area contributed by atoms with Crippen LogP contribution in [0.4, 0.5) is 5.69 Å². The van der Waals surface area contributed by atoms with Crippen molar-refractivity contribution < 1.29 is 28.6 Å². The number of thioether (sulfide) groups is 1. The van der Waals surface area contributed by atoms with Gasteiger partial charge < -0.3 is 14.2 Å². The molecule has 2 aliphatic rings. The van der Waals surface area contributed by atoms with Crippen molar-refractivity contribution in [3.63, 3.8) is 0 Å². The summed E-state index contributed by atoms with van der Waals surface area (Å²) in [6, 6.07) is 6.65. The van der Waals surface area contributed by atoms with Crippen LogP contribution in [0, 0.1) is 0 Å². The largest absolute Gasteiger partial charge is 0.466 e. The zero-order valence-corrected chi connectivity index (χ0v) is 19.1. The van der Waals surface area contributed by atoms with Gasteiger partial charge in [0.1, 0.15) is 0 Å². The van der Waals surface area contributed by atoms with Crippen LogP contribution in [-0.2, 0) is 23.8 Å². The Morgan fingerprint density at radius 1 is 1.19 bits per heavy atom. The average molecular weight is 462 g/mol. The molecule has 0 N–H and O–H groups in total. The Morgan fingerprint density at radius 2 is 1.91 bits per heavy atom. The minimum absolute atomic E-state index is 0.269. The highest BCUT2D eigenvalue weighted by atomic mass is 32.2. The van der Waals surface area contributed by atoms with Crippen LogP contribution in [0.15, 0.2) is 40.2 Å². The first-order valence-corrected chi connectivity index (χ1v) is 11.3. The second-order valence-corrected chi connectivity index (χ2v) is 8.07. The highest BCUT2D eigenvalue weighted by molar-refractivity contribution is 8.18. The molecule has 2 fully saturated rings. The predicted octanol–water partition coefficient (Wildman–Crippen LogP) is 2.21. The number of methoxy groups -OCH3 is 1. The number of aliphatic imine (C=N–C) groups is 1. The topological polar surface area (TPSA) is 97.7 Å². The molecule has 3 rings (SSSR count). The lowest BCUT2D eigenvalue weighted by Gasteiger charge is -2.27. The third-order valence-corrected chi connectivity index (χ3v) is 5.91. The lowest BCUT2D eigenvalue weighted by molar-refractivity contribution is -0.135. The molecule has 2 aliphatic heterocycles. The molecule has 0 aliphatic carbocycles. The maximum Gasteiger partial charge on any atom is 0.338 e. The molecule has 1 aromatic carbocycles. The Kier molecular flexibility index (Phi) is 8.83. The molecule has 2 saturated heterocycles. The van der Waals surface area contributed by atoms with Gasteiger partial charge in [-0.05, 0) is 49.4 Å². The Balaban J connectivity index is 1.74. The molecule has 0 radical (unpaired) electrons. The van der Waals surface area contributed by atoms with Crippen LogP contribution in [-0.4, -0.2) is 85.9 Å². The molecule has 1 aromatic rings. The molecule has 0 saturated carbocycles. The van der Waals surface area contributed by atoms with Gasteiger partial charge in [0.15, 0.2) is 5.17 Å². The summed E-state index contributed by atoms with van der Waals surface area (Å²) in [5.41, 5.74) is 1.02. The highest BCUT2D eigenvalue weighted by Crippen LogP contribution is 2.33. The van der Waals surface area contributed by atoms with Gasteiger partial charge in [0.2, 0.25) is 0 Å². The van der Waals surface area contributed by atoms with E-state index < -0.39 is 11.9 Å². The number of amides is 1. The molecule has 0 unspecified atom stereocenters. The zero-order chi connectivity index (χ0) is 22.9. The van der Waals surface area contributed by atoms with Gasteiger partial charge in [-0.15, -0.1) is 0 Å². The number of benzene rings is 1. The summed E-state index contributed by atoms with van der Waals surface area (Å²) in [6.07, 6.45) is 1.95. The van der Waals surface area contributed by atoms with Crippen molar-refractivity contribution in [3.05, 3.63) is 40.8 Å². The number of hydrogen-bond donors (Lipinski definition) is 0. The zero-order valence-electron chi connectivity index (χ0n) is 18.2. The first-order valence-electron chi connectivity index (χ1n) is 10.5. The first-order chi connectivity index (χ1) is 15.5. The van der Waals surface area contributed by atoms with Crippen molar-refractivity contribution in [1.29, 1.82) is 0 Å². The summed E-state index contributed by atoms with van der Waals surface area (Å²) >= 11 is 1.13. The smallest absolute Gasteiger partial charge is 0.338 e. The predicted molar refractivity (Wildman–Crippen MR) is 121 cm³/mol. The fraction of sp³-hybridized carbons (Fsp3) is 0.455. The summed E-state index contributed by atoms with van der Waals surface area (Å²) in [4.78, 5) is 45.2. The quantitative estimate of drug-likeness (QED) is 0.429. The Labute approximate surface area is 191 Å². The third kappa shape index (κ3) is 6.41. The monoisotopic (exact) mass is 461 g/mol. The van der Waals surface area contributed by atoms with E-state index in [1.165, 1.54) is 13.2 Å². The first kappa shape index (κ1) is 24.0. The van der Waals surface area contributed by atoms with Crippen LogP contribution in [0.25, 0.3) is 0 Å². The molecule has 2 heterocycles. The van der Waals surface area contributed by atoms with Crippen LogP contribution in [0.1, 0.15) is 23.7 Å². The van der Waals surface area contributed by atoms with Gasteiger partial charge in [-0.1, -0.05) is 0 Å². The van der Waals surface area contributed by atoms with Gasteiger partial charge in [-0.2, -0.15) is 0 Å². The lowest BCUT2D eigenvalue weighted by atomic mass is 10.2. The van der Waals surface area contributed by atoms with Crippen LogP contribution in [0.2, 0.25) is 0 Å². The fourth-order valence-corrected chi connectivity index (χ4v) is 4.21. The second kappa shape index (κ2) is 11.8. The van der Waals surface area contributed by atoms with E-state index >= 15 is 0 Å². The number of rotatable bonds is 8. The van der Waals surface area contributed by atoms with E-state index in [0.29, 0.717) is 29.6 Å². The second-order valence-electron chi connectivity index (χ2n) is 7.06. The van der Waals surface area contributed by atoms with Crippen molar-refractivity contribution in [2.24, 2.45) is 4.99 Å². The third-order valence-electron chi connectivity index (χ3n) is 4.90. The SMILES string of the molecule is CCOC(=O)c1ccc(N=C2S/C(=C\C(=O)OC)C(=O)N2CCCN2CCOCC2)cc1. The van der Waals surface area contributed by atoms with E-state index in [2.05, 4.69) is 14.6 Å². The molecule has 9 nitrogen and oxygen atoms in total. The average Bonchev–Trinajstić information content (AvgIpc) is 3.09. The molecule has 0 bridgehead atoms. The summed E-state index contributed by atoms with van der Waals surface area (Å²) in [5.74, 6) is -1.26. The molecule has 0 atom stereocenters. The van der Waals surface area contributed by atoms with Gasteiger partial charge in [0.05, 0.1) is 43.1 Å². The van der Waals surface area contributed by atoms with Crippen molar-refractivity contribution >= 4 is 40.5 Å². The molecule has 10 heteroatoms. The van der Waals surface area contributed by atoms with E-state index in [0.717, 1.165) is 51.0 Å². The van der Waals surface area contributed by atoms with Gasteiger partial charge in [-0.25, -0.2) is 14.6 Å². The normalized spacial score (nSPS) is 19.6. The minimum Gasteiger partial charge on any atom is -0.466 e. The maximum absolute atomic E-state index is 12.9. The van der Waals surface area contributed by atoms with Crippen LogP contribution in [0.3, 0.4) is 0 Å². The van der Waals surface area contributed by atoms with E-state index in [9.17, 15) is 14.4 Å². The van der Waals surface area contributed by atoms with E-state index in [-0.39, 0.29) is 10.8 Å². The van der Waals surface area contributed by atoms with E-state index in [1.807, 2.05) is 0 Å². The van der Waals surface area contributed by atoms with Crippen molar-refractivity contribution in [2.45, 2.75) is 13.3 Å². The number of amidine groups is 1. The molecule has 172 valence electrons. The van der Waals surface area contributed by atoms with Crippen molar-refractivity contribution in [1.82, 2.24) is 9.80 Å². The van der Waals surface area contributed by atoms with Crippen molar-refractivity contribution in [2.75, 3.05) is 53.1 Å². The van der Waals surface area contributed by atoms with Gasteiger partial charge >= 0.3 is 11.9 Å². The van der Waals surface area contributed by atoms with E-state index in [1.54, 1.807) is 36.1 Å². The maximum atomic E-state index is 12.9. The molecule has 1 amide bonds. The van der Waals surface area contributed by atoms with Crippen molar-refractivity contribution in [3.8, 4) is 0 Å². The highest BCUT2D eigenvalue weighted by Gasteiger charge is 2.34. The summed E-state index contributed by atoms with van der Waals surface area (Å²) in [6.45, 7) is 6.57. The number of carbonyl (C=O) groups is 3. The molecular formula is C22H27N3O6S. The van der Waals surface area contributed by atoms with Crippen LogP contribution >= 0.6 is 11.8 Å². The Bertz CT molecular complexity index is 893. The Morgan fingerprint density at radius 3 is 2.56 bits per heavy atom. The van der Waals surface area contributed by atoms with Gasteiger partial charge in [0.25, 0.3) is 5.91 Å². The number of esters is 2. The van der Waals surface area contributed by atoms with Crippen LogP contribution < -0.4 is 0 Å². The Hall–Kier alpha value is -2.69. The number of morpholine rings is 1. The molecule has 32 heavy (non-hydrogen) atoms. The summed E-state index contributed by atoms with van der Waals surface area (Å²) in [7, 11) is 1.27. The standard InChI is InChI=1S/C22H27N3O6S/c1-3-31-21(28)16-5-7-17(8-6-16)23-22-25(10-4-9-24-11-13-30-14-12-24)20(27)18(32-22)15-19(26)29-2/h5-8,15H,3-4,9-14H2,1-2H3/b18-15-,23-22?. The molecule has 0 spiro atoms. The molecular weight excluding hydrogens is 434 g/mol. The van der Waals surface area contributed by atoms with Gasteiger partial charge in [0, 0.05) is 32.3 Å². The summed E-state index contributed by atoms with van der Waals surface area (Å²) < 4.78 is 15.0. The van der Waals surface area contributed by atoms with Gasteiger partial charge in [-0.3, -0.25) is 14.6 Å². The number of hydrogen-bond acceptors (Lipinski definition) is 9.